The van der Waals surface area contributed by atoms with Crippen LogP contribution in [-0.2, 0) is 13.0 Å². The van der Waals surface area contributed by atoms with Crippen LogP contribution in [0, 0.1) is 5.92 Å². The van der Waals surface area contributed by atoms with E-state index in [-0.39, 0.29) is 0 Å². The first-order valence-corrected chi connectivity index (χ1v) is 9.38. The summed E-state index contributed by atoms with van der Waals surface area (Å²) in [5.74, 6) is 1.95. The number of aromatic nitrogens is 1. The molecule has 0 atom stereocenters. The maximum atomic E-state index is 3.55. The quantitative estimate of drug-likeness (QED) is 0.700. The van der Waals surface area contributed by atoms with Gasteiger partial charge in [-0.25, -0.2) is 0 Å². The summed E-state index contributed by atoms with van der Waals surface area (Å²) in [5.41, 5.74) is 2.86. The minimum Gasteiger partial charge on any atom is -0.347 e. The van der Waals surface area contributed by atoms with Gasteiger partial charge in [0.25, 0.3) is 0 Å². The predicted octanol–water partition coefficient (Wildman–Crippen LogP) is 4.18. The molecule has 0 aliphatic carbocycles. The normalized spacial score (nSPS) is 11.6. The van der Waals surface area contributed by atoms with Gasteiger partial charge in [-0.15, -0.1) is 0 Å². The standard InChI is InChI=1S/C18H28N2S/c1-15(2)13-19-10-9-16-14-20(11-6-12-21-3)18-8-5-4-7-17(16)18/h4-5,7-8,14-15,19H,6,9-13H2,1-3H3. The van der Waals surface area contributed by atoms with Crippen molar-refractivity contribution in [3.05, 3.63) is 36.0 Å². The molecule has 0 saturated carbocycles. The Kier molecular flexibility index (Phi) is 6.65. The molecule has 0 amide bonds. The first-order valence-electron chi connectivity index (χ1n) is 7.98. The highest BCUT2D eigenvalue weighted by Gasteiger charge is 2.07. The third-order valence-electron chi connectivity index (χ3n) is 3.74. The van der Waals surface area contributed by atoms with Crippen LogP contribution in [-0.4, -0.2) is 29.7 Å². The molecule has 0 fully saturated rings. The van der Waals surface area contributed by atoms with Crippen LogP contribution < -0.4 is 5.32 Å². The number of aryl methyl sites for hydroxylation is 1. The van der Waals surface area contributed by atoms with Gasteiger partial charge in [0.15, 0.2) is 0 Å². The summed E-state index contributed by atoms with van der Waals surface area (Å²) in [6.45, 7) is 7.80. The van der Waals surface area contributed by atoms with Gasteiger partial charge in [0.05, 0.1) is 0 Å². The smallest absolute Gasteiger partial charge is 0.0483 e. The monoisotopic (exact) mass is 304 g/mol. The number of para-hydroxylation sites is 1. The Morgan fingerprint density at radius 1 is 1.24 bits per heavy atom. The third kappa shape index (κ3) is 4.79. The fraction of sp³-hybridized carbons (Fsp3) is 0.556. The second-order valence-electron chi connectivity index (χ2n) is 6.06. The molecule has 0 bridgehead atoms. The Morgan fingerprint density at radius 2 is 2.05 bits per heavy atom. The summed E-state index contributed by atoms with van der Waals surface area (Å²) in [6, 6.07) is 8.81. The molecule has 0 aliphatic heterocycles. The van der Waals surface area contributed by atoms with E-state index in [4.69, 9.17) is 0 Å². The van der Waals surface area contributed by atoms with E-state index in [1.54, 1.807) is 0 Å². The van der Waals surface area contributed by atoms with E-state index in [0.29, 0.717) is 0 Å². The van der Waals surface area contributed by atoms with Crippen molar-refractivity contribution in [2.45, 2.75) is 33.2 Å². The van der Waals surface area contributed by atoms with Gasteiger partial charge in [0.1, 0.15) is 0 Å². The highest BCUT2D eigenvalue weighted by Crippen LogP contribution is 2.22. The van der Waals surface area contributed by atoms with E-state index < -0.39 is 0 Å². The van der Waals surface area contributed by atoms with Crippen molar-refractivity contribution in [1.29, 1.82) is 0 Å². The maximum Gasteiger partial charge on any atom is 0.0483 e. The highest BCUT2D eigenvalue weighted by molar-refractivity contribution is 7.98. The fourth-order valence-corrected chi connectivity index (χ4v) is 3.12. The van der Waals surface area contributed by atoms with E-state index in [0.717, 1.165) is 32.0 Å². The molecule has 0 radical (unpaired) electrons. The molecular formula is C18H28N2S. The van der Waals surface area contributed by atoms with Gasteiger partial charge in [-0.3, -0.25) is 0 Å². The fourth-order valence-electron chi connectivity index (χ4n) is 2.70. The minimum absolute atomic E-state index is 0.720. The Morgan fingerprint density at radius 3 is 2.81 bits per heavy atom. The molecular weight excluding hydrogens is 276 g/mol. The predicted molar refractivity (Wildman–Crippen MR) is 96.3 cm³/mol. The summed E-state index contributed by atoms with van der Waals surface area (Å²) in [5, 5.41) is 4.97. The molecule has 2 nitrogen and oxygen atoms in total. The third-order valence-corrected chi connectivity index (χ3v) is 4.44. The molecule has 0 aliphatic rings. The summed E-state index contributed by atoms with van der Waals surface area (Å²) >= 11 is 1.93. The van der Waals surface area contributed by atoms with E-state index in [2.05, 4.69) is 60.4 Å². The van der Waals surface area contributed by atoms with Gasteiger partial charge >= 0.3 is 0 Å². The van der Waals surface area contributed by atoms with Crippen LogP contribution in [0.5, 0.6) is 0 Å². The first-order chi connectivity index (χ1) is 10.2. The zero-order valence-corrected chi connectivity index (χ0v) is 14.4. The van der Waals surface area contributed by atoms with Crippen molar-refractivity contribution in [1.82, 2.24) is 9.88 Å². The van der Waals surface area contributed by atoms with Crippen LogP contribution in [0.25, 0.3) is 10.9 Å². The average molecular weight is 305 g/mol. The second kappa shape index (κ2) is 8.50. The Labute approximate surface area is 133 Å². The molecule has 1 heterocycles. The highest BCUT2D eigenvalue weighted by atomic mass is 32.2. The largest absolute Gasteiger partial charge is 0.347 e. The molecule has 1 aromatic carbocycles. The molecule has 3 heteroatoms. The average Bonchev–Trinajstić information content (AvgIpc) is 2.82. The number of hydrogen-bond acceptors (Lipinski definition) is 2. The minimum atomic E-state index is 0.720. The molecule has 2 rings (SSSR count). The topological polar surface area (TPSA) is 17.0 Å². The van der Waals surface area contributed by atoms with Crippen molar-refractivity contribution >= 4 is 22.7 Å². The summed E-state index contributed by atoms with van der Waals surface area (Å²) in [7, 11) is 0. The number of thioether (sulfide) groups is 1. The maximum absolute atomic E-state index is 3.55. The van der Waals surface area contributed by atoms with Crippen LogP contribution in [0.3, 0.4) is 0 Å². The first kappa shape index (κ1) is 16.4. The SMILES string of the molecule is CSCCCn1cc(CCNCC(C)C)c2ccccc21. The molecule has 1 N–H and O–H groups in total. The van der Waals surface area contributed by atoms with Crippen molar-refractivity contribution < 1.29 is 0 Å². The van der Waals surface area contributed by atoms with Gasteiger partial charge < -0.3 is 9.88 Å². The van der Waals surface area contributed by atoms with Crippen LogP contribution in [0.1, 0.15) is 25.8 Å². The van der Waals surface area contributed by atoms with Crippen LogP contribution in [0.2, 0.25) is 0 Å². The van der Waals surface area contributed by atoms with E-state index in [9.17, 15) is 0 Å². The Bertz CT molecular complexity index is 545. The molecule has 0 saturated heterocycles. The Hall–Kier alpha value is -0.930. The Balaban J connectivity index is 2.04. The lowest BCUT2D eigenvalue weighted by Gasteiger charge is -2.06. The van der Waals surface area contributed by atoms with Crippen molar-refractivity contribution in [2.75, 3.05) is 25.1 Å². The lowest BCUT2D eigenvalue weighted by molar-refractivity contribution is 0.554. The summed E-state index contributed by atoms with van der Waals surface area (Å²) < 4.78 is 2.43. The lowest BCUT2D eigenvalue weighted by atomic mass is 10.1. The van der Waals surface area contributed by atoms with Crippen LogP contribution in [0.4, 0.5) is 0 Å². The number of nitrogens with one attached hydrogen (secondary N) is 1. The van der Waals surface area contributed by atoms with Gasteiger partial charge in [-0.1, -0.05) is 32.0 Å². The van der Waals surface area contributed by atoms with Crippen LogP contribution >= 0.6 is 11.8 Å². The molecule has 0 unspecified atom stereocenters. The second-order valence-corrected chi connectivity index (χ2v) is 7.04. The van der Waals surface area contributed by atoms with Gasteiger partial charge in [-0.05, 0) is 55.5 Å². The summed E-state index contributed by atoms with van der Waals surface area (Å²) in [4.78, 5) is 0. The van der Waals surface area contributed by atoms with Crippen LogP contribution in [0.15, 0.2) is 30.5 Å². The zero-order chi connectivity index (χ0) is 15.1. The lowest BCUT2D eigenvalue weighted by Crippen LogP contribution is -2.22. The molecule has 2 aromatic rings. The van der Waals surface area contributed by atoms with Crippen molar-refractivity contribution in [3.63, 3.8) is 0 Å². The van der Waals surface area contributed by atoms with Crippen molar-refractivity contribution in [3.8, 4) is 0 Å². The van der Waals surface area contributed by atoms with Gasteiger partial charge in [0.2, 0.25) is 0 Å². The van der Waals surface area contributed by atoms with Gasteiger partial charge in [0, 0.05) is 23.6 Å². The molecule has 0 spiro atoms. The molecule has 1 aromatic heterocycles. The molecule has 116 valence electrons. The summed E-state index contributed by atoms with van der Waals surface area (Å²) in [6.07, 6.45) is 6.90. The zero-order valence-electron chi connectivity index (χ0n) is 13.6. The van der Waals surface area contributed by atoms with E-state index >= 15 is 0 Å². The molecule has 21 heavy (non-hydrogen) atoms. The number of benzene rings is 1. The number of hydrogen-bond donors (Lipinski definition) is 1. The van der Waals surface area contributed by atoms with E-state index in [1.807, 2.05) is 11.8 Å². The van der Waals surface area contributed by atoms with Crippen molar-refractivity contribution in [2.24, 2.45) is 5.92 Å². The van der Waals surface area contributed by atoms with Gasteiger partial charge in [-0.2, -0.15) is 11.8 Å². The number of fused-ring (bicyclic) bond motifs is 1. The number of rotatable bonds is 9. The number of nitrogens with zero attached hydrogens (tertiary/aromatic N) is 1. The van der Waals surface area contributed by atoms with E-state index in [1.165, 1.54) is 28.6 Å².